The lowest BCUT2D eigenvalue weighted by atomic mass is 10.2. The lowest BCUT2D eigenvalue weighted by molar-refractivity contribution is 0.0506. The van der Waals surface area contributed by atoms with Gasteiger partial charge in [-0.25, -0.2) is 4.79 Å². The topological polar surface area (TPSA) is 71.0 Å². The van der Waals surface area contributed by atoms with Crippen molar-refractivity contribution in [2.24, 2.45) is 5.29 Å². The van der Waals surface area contributed by atoms with Crippen LogP contribution >= 0.6 is 0 Å². The standard InChI is InChI=1S/C9H17N3O3/c1-9(2,3)15-8(13)10-7-4-5-12(6-7)11-14/h7H,4-6H2,1-3H3,(H,10,13)/t7-/m0/s1. The SMILES string of the molecule is CC(C)(C)OC(=O)N[C@H]1CCN(N=O)C1. The van der Waals surface area contributed by atoms with E-state index in [2.05, 4.69) is 10.6 Å². The summed E-state index contributed by atoms with van der Waals surface area (Å²) < 4.78 is 5.09. The van der Waals surface area contributed by atoms with Gasteiger partial charge in [0.1, 0.15) is 5.60 Å². The molecule has 0 aromatic carbocycles. The number of alkyl carbamates (subject to hydrolysis) is 1. The van der Waals surface area contributed by atoms with Crippen LogP contribution in [0, 0.1) is 4.91 Å². The average molecular weight is 215 g/mol. The Bertz CT molecular complexity index is 249. The van der Waals surface area contributed by atoms with Crippen molar-refractivity contribution in [1.82, 2.24) is 10.3 Å². The van der Waals surface area contributed by atoms with E-state index in [9.17, 15) is 9.70 Å². The van der Waals surface area contributed by atoms with Gasteiger partial charge in [-0.15, -0.1) is 4.91 Å². The Balaban J connectivity index is 2.31. The lowest BCUT2D eigenvalue weighted by Crippen LogP contribution is -2.40. The second kappa shape index (κ2) is 4.46. The van der Waals surface area contributed by atoms with Crippen LogP contribution in [0.1, 0.15) is 27.2 Å². The zero-order valence-corrected chi connectivity index (χ0v) is 9.32. The number of hydrogen-bond acceptors (Lipinski definition) is 4. The molecule has 86 valence electrons. The van der Waals surface area contributed by atoms with Crippen molar-refractivity contribution in [3.63, 3.8) is 0 Å². The summed E-state index contributed by atoms with van der Waals surface area (Å²) in [6.45, 7) is 6.47. The highest BCUT2D eigenvalue weighted by Gasteiger charge is 2.25. The number of carbonyl (C=O) groups is 1. The minimum absolute atomic E-state index is 0.0439. The van der Waals surface area contributed by atoms with Gasteiger partial charge in [-0.3, -0.25) is 5.01 Å². The summed E-state index contributed by atoms with van der Waals surface area (Å²) >= 11 is 0. The largest absolute Gasteiger partial charge is 0.444 e. The molecule has 6 nitrogen and oxygen atoms in total. The molecule has 0 radical (unpaired) electrons. The Morgan fingerprint density at radius 3 is 2.67 bits per heavy atom. The van der Waals surface area contributed by atoms with E-state index in [1.54, 1.807) is 20.8 Å². The number of amides is 1. The highest BCUT2D eigenvalue weighted by molar-refractivity contribution is 5.68. The molecule has 1 amide bonds. The number of hydrogen-bond donors (Lipinski definition) is 1. The number of nitroso groups, excluding NO2 is 1. The summed E-state index contributed by atoms with van der Waals surface area (Å²) in [4.78, 5) is 21.5. The second-order valence-corrected chi connectivity index (χ2v) is 4.63. The molecule has 0 unspecified atom stereocenters. The molecule has 15 heavy (non-hydrogen) atoms. The van der Waals surface area contributed by atoms with Crippen LogP contribution in [0.25, 0.3) is 0 Å². The number of nitrogens with one attached hydrogen (secondary N) is 1. The monoisotopic (exact) mass is 215 g/mol. The Morgan fingerprint density at radius 1 is 1.53 bits per heavy atom. The first-order valence-electron chi connectivity index (χ1n) is 4.98. The molecule has 0 aromatic rings. The molecule has 1 N–H and O–H groups in total. The van der Waals surface area contributed by atoms with Gasteiger partial charge in [0.2, 0.25) is 0 Å². The van der Waals surface area contributed by atoms with E-state index in [0.717, 1.165) is 6.42 Å². The van der Waals surface area contributed by atoms with Crippen molar-refractivity contribution in [2.75, 3.05) is 13.1 Å². The van der Waals surface area contributed by atoms with Crippen LogP contribution < -0.4 is 5.32 Å². The van der Waals surface area contributed by atoms with Crippen LogP contribution in [0.15, 0.2) is 5.29 Å². The van der Waals surface area contributed by atoms with Crippen molar-refractivity contribution < 1.29 is 9.53 Å². The van der Waals surface area contributed by atoms with Crippen molar-refractivity contribution in [3.8, 4) is 0 Å². The van der Waals surface area contributed by atoms with Gasteiger partial charge in [-0.2, -0.15) is 0 Å². The van der Waals surface area contributed by atoms with E-state index >= 15 is 0 Å². The first-order chi connectivity index (χ1) is 6.90. The molecular formula is C9H17N3O3. The quantitative estimate of drug-likeness (QED) is 0.704. The van der Waals surface area contributed by atoms with Crippen LogP contribution in [0.4, 0.5) is 4.79 Å². The third-order valence-corrected chi connectivity index (χ3v) is 2.00. The fourth-order valence-corrected chi connectivity index (χ4v) is 1.41. The Morgan fingerprint density at radius 2 is 2.20 bits per heavy atom. The third kappa shape index (κ3) is 4.14. The molecule has 1 atom stereocenters. The first kappa shape index (κ1) is 11.7. The predicted molar refractivity (Wildman–Crippen MR) is 55.1 cm³/mol. The van der Waals surface area contributed by atoms with Crippen LogP contribution in [0.2, 0.25) is 0 Å². The molecule has 1 rings (SSSR count). The smallest absolute Gasteiger partial charge is 0.407 e. The Hall–Kier alpha value is -1.33. The third-order valence-electron chi connectivity index (χ3n) is 2.00. The first-order valence-corrected chi connectivity index (χ1v) is 4.98. The maximum atomic E-state index is 11.3. The molecule has 0 saturated carbocycles. The van der Waals surface area contributed by atoms with Crippen molar-refractivity contribution >= 4 is 6.09 Å². The summed E-state index contributed by atoms with van der Waals surface area (Å²) in [6, 6.07) is -0.0439. The number of ether oxygens (including phenoxy) is 1. The van der Waals surface area contributed by atoms with E-state index in [1.165, 1.54) is 5.01 Å². The van der Waals surface area contributed by atoms with E-state index in [0.29, 0.717) is 13.1 Å². The molecular weight excluding hydrogens is 198 g/mol. The van der Waals surface area contributed by atoms with E-state index < -0.39 is 11.7 Å². The maximum Gasteiger partial charge on any atom is 0.407 e. The summed E-state index contributed by atoms with van der Waals surface area (Å²) in [7, 11) is 0. The summed E-state index contributed by atoms with van der Waals surface area (Å²) in [5, 5.41) is 6.90. The van der Waals surface area contributed by atoms with Gasteiger partial charge in [-0.05, 0) is 27.2 Å². The molecule has 0 bridgehead atoms. The summed E-state index contributed by atoms with van der Waals surface area (Å²) in [5.74, 6) is 0. The van der Waals surface area contributed by atoms with Crippen molar-refractivity contribution in [3.05, 3.63) is 4.91 Å². The summed E-state index contributed by atoms with van der Waals surface area (Å²) in [5.41, 5.74) is -0.495. The molecule has 0 aliphatic carbocycles. The van der Waals surface area contributed by atoms with Crippen LogP contribution in [0.3, 0.4) is 0 Å². The minimum Gasteiger partial charge on any atom is -0.444 e. The lowest BCUT2D eigenvalue weighted by Gasteiger charge is -2.21. The molecule has 1 saturated heterocycles. The van der Waals surface area contributed by atoms with E-state index in [4.69, 9.17) is 4.74 Å². The molecule has 1 aliphatic heterocycles. The zero-order valence-electron chi connectivity index (χ0n) is 9.32. The fourth-order valence-electron chi connectivity index (χ4n) is 1.41. The average Bonchev–Trinajstić information content (AvgIpc) is 2.48. The molecule has 6 heteroatoms. The maximum absolute atomic E-state index is 11.3. The second-order valence-electron chi connectivity index (χ2n) is 4.63. The van der Waals surface area contributed by atoms with Crippen LogP contribution in [0.5, 0.6) is 0 Å². The fraction of sp³-hybridized carbons (Fsp3) is 0.889. The zero-order chi connectivity index (χ0) is 11.5. The van der Waals surface area contributed by atoms with Gasteiger partial charge in [0.15, 0.2) is 0 Å². The summed E-state index contributed by atoms with van der Waals surface area (Å²) in [6.07, 6.45) is 0.283. The highest BCUT2D eigenvalue weighted by Crippen LogP contribution is 2.11. The number of nitrogens with zero attached hydrogens (tertiary/aromatic N) is 2. The Kier molecular flexibility index (Phi) is 3.49. The van der Waals surface area contributed by atoms with Crippen LogP contribution in [-0.4, -0.2) is 35.8 Å². The molecule has 0 aromatic heterocycles. The van der Waals surface area contributed by atoms with Crippen molar-refractivity contribution in [2.45, 2.75) is 38.8 Å². The van der Waals surface area contributed by atoms with E-state index in [1.807, 2.05) is 0 Å². The van der Waals surface area contributed by atoms with Gasteiger partial charge < -0.3 is 10.1 Å². The molecule has 1 fully saturated rings. The van der Waals surface area contributed by atoms with E-state index in [-0.39, 0.29) is 6.04 Å². The van der Waals surface area contributed by atoms with Crippen molar-refractivity contribution in [1.29, 1.82) is 0 Å². The highest BCUT2D eigenvalue weighted by atomic mass is 16.6. The molecule has 1 heterocycles. The normalized spacial score (nSPS) is 21.3. The Labute approximate surface area is 88.9 Å². The molecule has 0 spiro atoms. The van der Waals surface area contributed by atoms with Gasteiger partial charge in [-0.1, -0.05) is 0 Å². The minimum atomic E-state index is -0.495. The van der Waals surface area contributed by atoms with Gasteiger partial charge >= 0.3 is 6.09 Å². The predicted octanol–water partition coefficient (Wildman–Crippen LogP) is 1.27. The van der Waals surface area contributed by atoms with Gasteiger partial charge in [0.25, 0.3) is 0 Å². The van der Waals surface area contributed by atoms with Crippen LogP contribution in [-0.2, 0) is 4.74 Å². The van der Waals surface area contributed by atoms with Gasteiger partial charge in [0, 0.05) is 6.54 Å². The van der Waals surface area contributed by atoms with Gasteiger partial charge in [0.05, 0.1) is 17.9 Å². The number of carbonyl (C=O) groups excluding carboxylic acids is 1. The number of rotatable bonds is 2. The molecule has 1 aliphatic rings.